The predicted octanol–water partition coefficient (Wildman–Crippen LogP) is 4.39. The second kappa shape index (κ2) is 8.47. The molecule has 164 valence electrons. The lowest BCUT2D eigenvalue weighted by Crippen LogP contribution is -2.39. The number of amides is 1. The summed E-state index contributed by atoms with van der Waals surface area (Å²) in [6.07, 6.45) is 0.165. The molecule has 1 saturated carbocycles. The number of pyridine rings is 1. The number of carbonyl (C=O) groups is 1. The fraction of sp³-hybridized carbons (Fsp3) is 0.381. The van der Waals surface area contributed by atoms with E-state index in [1.54, 1.807) is 0 Å². The van der Waals surface area contributed by atoms with Gasteiger partial charge in [-0.1, -0.05) is 17.7 Å². The van der Waals surface area contributed by atoms with Crippen LogP contribution >= 0.6 is 11.6 Å². The lowest BCUT2D eigenvalue weighted by molar-refractivity contribution is -0.137. The van der Waals surface area contributed by atoms with Gasteiger partial charge in [0.2, 0.25) is 0 Å². The van der Waals surface area contributed by atoms with Crippen molar-refractivity contribution >= 4 is 23.2 Å². The molecule has 2 heterocycles. The highest BCUT2D eigenvalue weighted by atomic mass is 35.5. The third-order valence-electron chi connectivity index (χ3n) is 5.79. The number of carbonyl (C=O) groups excluding carboxylic acids is 1. The number of nitrogens with zero attached hydrogens (tertiary/aromatic N) is 3. The van der Waals surface area contributed by atoms with Crippen LogP contribution in [0.1, 0.15) is 53.5 Å². The standard InChI is InChI=1S/C21H21ClF3N5O/c22-16-9-6-13(21(23,24)25)11-15(16)20(31)27-14-7-4-12(5-8-14)18(26)19-29-28-17-3-1-2-10-30(17)19/h1-3,6,9-12,14,18H,4-5,7-8,26H2,(H,27,31). The van der Waals surface area contributed by atoms with Crippen molar-refractivity contribution in [3.8, 4) is 0 Å². The van der Waals surface area contributed by atoms with Gasteiger partial charge in [-0.15, -0.1) is 10.2 Å². The maximum Gasteiger partial charge on any atom is 0.416 e. The molecule has 1 aromatic carbocycles. The molecule has 0 saturated heterocycles. The Kier molecular flexibility index (Phi) is 5.90. The highest BCUT2D eigenvalue weighted by molar-refractivity contribution is 6.33. The van der Waals surface area contributed by atoms with Crippen LogP contribution in [0.3, 0.4) is 0 Å². The second-order valence-corrected chi connectivity index (χ2v) is 8.20. The van der Waals surface area contributed by atoms with Gasteiger partial charge >= 0.3 is 6.18 Å². The van der Waals surface area contributed by atoms with Gasteiger partial charge in [-0.05, 0) is 61.9 Å². The van der Waals surface area contributed by atoms with Crippen LogP contribution in [0.15, 0.2) is 42.6 Å². The van der Waals surface area contributed by atoms with Crippen molar-refractivity contribution in [2.45, 2.75) is 43.9 Å². The number of hydrogen-bond donors (Lipinski definition) is 2. The maximum atomic E-state index is 13.0. The first-order chi connectivity index (χ1) is 14.7. The van der Waals surface area contributed by atoms with Crippen LogP contribution in [0.5, 0.6) is 0 Å². The Morgan fingerprint density at radius 3 is 2.61 bits per heavy atom. The molecule has 0 bridgehead atoms. The highest BCUT2D eigenvalue weighted by Gasteiger charge is 2.33. The van der Waals surface area contributed by atoms with Crippen LogP contribution in [0.2, 0.25) is 5.02 Å². The molecule has 0 spiro atoms. The SMILES string of the molecule is NC(c1nnc2ccccn12)C1CCC(NC(=O)c2cc(C(F)(F)F)ccc2Cl)CC1. The predicted molar refractivity (Wildman–Crippen MR) is 110 cm³/mol. The first-order valence-electron chi connectivity index (χ1n) is 9.97. The number of rotatable bonds is 4. The van der Waals surface area contributed by atoms with E-state index in [-0.39, 0.29) is 28.6 Å². The number of nitrogens with two attached hydrogens (primary N) is 1. The first kappa shape index (κ1) is 21.6. The summed E-state index contributed by atoms with van der Waals surface area (Å²) in [7, 11) is 0. The molecular formula is C21H21ClF3N5O. The van der Waals surface area contributed by atoms with E-state index in [1.165, 1.54) is 0 Å². The van der Waals surface area contributed by atoms with Crippen LogP contribution in [0.25, 0.3) is 5.65 Å². The Morgan fingerprint density at radius 1 is 1.16 bits per heavy atom. The van der Waals surface area contributed by atoms with Gasteiger partial charge in [-0.25, -0.2) is 0 Å². The van der Waals surface area contributed by atoms with E-state index in [1.807, 2.05) is 28.8 Å². The van der Waals surface area contributed by atoms with E-state index in [4.69, 9.17) is 17.3 Å². The Labute approximate surface area is 181 Å². The number of alkyl halides is 3. The van der Waals surface area contributed by atoms with E-state index in [9.17, 15) is 18.0 Å². The molecule has 1 unspecified atom stereocenters. The van der Waals surface area contributed by atoms with E-state index in [0.29, 0.717) is 18.7 Å². The Balaban J connectivity index is 1.39. The van der Waals surface area contributed by atoms with Crippen LogP contribution in [-0.4, -0.2) is 26.5 Å². The van der Waals surface area contributed by atoms with E-state index in [0.717, 1.165) is 36.7 Å². The summed E-state index contributed by atoms with van der Waals surface area (Å²) in [5, 5.41) is 11.2. The summed E-state index contributed by atoms with van der Waals surface area (Å²) in [6.45, 7) is 0. The second-order valence-electron chi connectivity index (χ2n) is 7.79. The Bertz CT molecular complexity index is 1090. The summed E-state index contributed by atoms with van der Waals surface area (Å²) in [5.74, 6) is 0.254. The molecule has 1 atom stereocenters. The third-order valence-corrected chi connectivity index (χ3v) is 6.12. The molecule has 1 aliphatic carbocycles. The van der Waals surface area contributed by atoms with Crippen molar-refractivity contribution in [3.05, 3.63) is 64.6 Å². The van der Waals surface area contributed by atoms with Gasteiger partial charge in [-0.3, -0.25) is 9.20 Å². The van der Waals surface area contributed by atoms with Crippen LogP contribution in [0, 0.1) is 5.92 Å². The van der Waals surface area contributed by atoms with Crippen molar-refractivity contribution in [2.75, 3.05) is 0 Å². The van der Waals surface area contributed by atoms with Gasteiger partial charge in [0, 0.05) is 12.2 Å². The minimum Gasteiger partial charge on any atom is -0.349 e. The molecule has 10 heteroatoms. The highest BCUT2D eigenvalue weighted by Crippen LogP contribution is 2.34. The van der Waals surface area contributed by atoms with Gasteiger partial charge < -0.3 is 11.1 Å². The quantitative estimate of drug-likeness (QED) is 0.616. The van der Waals surface area contributed by atoms with Crippen LogP contribution in [-0.2, 0) is 6.18 Å². The molecule has 31 heavy (non-hydrogen) atoms. The van der Waals surface area contributed by atoms with Gasteiger partial charge in [-0.2, -0.15) is 13.2 Å². The van der Waals surface area contributed by atoms with E-state index in [2.05, 4.69) is 15.5 Å². The lowest BCUT2D eigenvalue weighted by atomic mass is 9.81. The molecule has 4 rings (SSSR count). The molecule has 6 nitrogen and oxygen atoms in total. The number of benzene rings is 1. The fourth-order valence-electron chi connectivity index (χ4n) is 4.06. The minimum atomic E-state index is -4.54. The summed E-state index contributed by atoms with van der Waals surface area (Å²) < 4.78 is 40.7. The molecule has 1 aliphatic rings. The lowest BCUT2D eigenvalue weighted by Gasteiger charge is -2.32. The minimum absolute atomic E-state index is 0.0140. The Morgan fingerprint density at radius 2 is 1.90 bits per heavy atom. The maximum absolute atomic E-state index is 13.0. The monoisotopic (exact) mass is 451 g/mol. The third kappa shape index (κ3) is 4.52. The van der Waals surface area contributed by atoms with Gasteiger partial charge in [0.1, 0.15) is 0 Å². The number of hydrogen-bond acceptors (Lipinski definition) is 4. The zero-order valence-corrected chi connectivity index (χ0v) is 17.2. The van der Waals surface area contributed by atoms with Crippen molar-refractivity contribution < 1.29 is 18.0 Å². The molecular weight excluding hydrogens is 431 g/mol. The molecule has 3 aromatic rings. The van der Waals surface area contributed by atoms with E-state index >= 15 is 0 Å². The number of nitrogens with one attached hydrogen (secondary N) is 1. The number of fused-ring (bicyclic) bond motifs is 1. The average molecular weight is 452 g/mol. The van der Waals surface area contributed by atoms with Crippen molar-refractivity contribution in [2.24, 2.45) is 11.7 Å². The average Bonchev–Trinajstić information content (AvgIpc) is 3.17. The van der Waals surface area contributed by atoms with Crippen molar-refractivity contribution in [3.63, 3.8) is 0 Å². The van der Waals surface area contributed by atoms with Gasteiger partial charge in [0.15, 0.2) is 11.5 Å². The van der Waals surface area contributed by atoms with Crippen LogP contribution < -0.4 is 11.1 Å². The summed E-state index contributed by atoms with van der Waals surface area (Å²) in [4.78, 5) is 12.6. The fourth-order valence-corrected chi connectivity index (χ4v) is 4.26. The smallest absolute Gasteiger partial charge is 0.349 e. The molecule has 2 aromatic heterocycles. The first-order valence-corrected chi connectivity index (χ1v) is 10.3. The number of aromatic nitrogens is 3. The molecule has 0 radical (unpaired) electrons. The van der Waals surface area contributed by atoms with Crippen LogP contribution in [0.4, 0.5) is 13.2 Å². The van der Waals surface area contributed by atoms with Crippen molar-refractivity contribution in [1.82, 2.24) is 19.9 Å². The summed E-state index contributed by atoms with van der Waals surface area (Å²) >= 11 is 5.97. The Hall–Kier alpha value is -2.65. The summed E-state index contributed by atoms with van der Waals surface area (Å²) in [5.41, 5.74) is 6.11. The molecule has 1 fully saturated rings. The number of halogens is 4. The van der Waals surface area contributed by atoms with E-state index < -0.39 is 17.6 Å². The normalized spacial score (nSPS) is 20.5. The summed E-state index contributed by atoms with van der Waals surface area (Å²) in [6, 6.07) is 7.91. The van der Waals surface area contributed by atoms with Crippen molar-refractivity contribution in [1.29, 1.82) is 0 Å². The topological polar surface area (TPSA) is 85.3 Å². The van der Waals surface area contributed by atoms with Gasteiger partial charge in [0.25, 0.3) is 5.91 Å². The largest absolute Gasteiger partial charge is 0.416 e. The zero-order chi connectivity index (χ0) is 22.2. The molecule has 3 N–H and O–H groups in total. The zero-order valence-electron chi connectivity index (χ0n) is 16.4. The molecule has 0 aliphatic heterocycles. The van der Waals surface area contributed by atoms with Gasteiger partial charge in [0.05, 0.1) is 22.2 Å². The molecule has 1 amide bonds.